The summed E-state index contributed by atoms with van der Waals surface area (Å²) in [5.74, 6) is 0.224. The molecule has 0 spiro atoms. The quantitative estimate of drug-likeness (QED) is 0.0966. The third-order valence-corrected chi connectivity index (χ3v) is 8.12. The third-order valence-electron chi connectivity index (χ3n) is 7.60. The second kappa shape index (κ2) is 20.5. The third kappa shape index (κ3) is 17.1. The van der Waals surface area contributed by atoms with Crippen molar-refractivity contribution in [3.05, 3.63) is 24.3 Å². The molecule has 5 nitrogen and oxygen atoms in total. The first kappa shape index (κ1) is 33.6. The van der Waals surface area contributed by atoms with Crippen LogP contribution in [0.4, 0.5) is 0 Å². The molecule has 0 aromatic carbocycles. The summed E-state index contributed by atoms with van der Waals surface area (Å²) in [7, 11) is -4.11. The molecular formula is C30H57O5P. The van der Waals surface area contributed by atoms with Gasteiger partial charge in [0.05, 0.1) is 6.10 Å². The van der Waals surface area contributed by atoms with Gasteiger partial charge in [0.25, 0.3) is 0 Å². The van der Waals surface area contributed by atoms with Crippen LogP contribution < -0.4 is 0 Å². The molecule has 1 aliphatic rings. The number of rotatable bonds is 24. The molecule has 0 amide bonds. The van der Waals surface area contributed by atoms with Crippen molar-refractivity contribution in [2.45, 2.75) is 136 Å². The van der Waals surface area contributed by atoms with Gasteiger partial charge in [-0.3, -0.25) is 4.57 Å². The average Bonchev–Trinajstić information content (AvgIpc) is 2.83. The maximum Gasteiger partial charge on any atom is 0.350 e. The Kier molecular flexibility index (Phi) is 19.1. The Bertz CT molecular complexity index is 629. The molecule has 2 N–H and O–H groups in total. The van der Waals surface area contributed by atoms with Crippen LogP contribution in [0.1, 0.15) is 130 Å². The number of ether oxygens (including phenoxy) is 2. The van der Waals surface area contributed by atoms with E-state index in [2.05, 4.69) is 39.0 Å². The predicted molar refractivity (Wildman–Crippen MR) is 152 cm³/mol. The lowest BCUT2D eigenvalue weighted by molar-refractivity contribution is -0.00204. The van der Waals surface area contributed by atoms with Crippen LogP contribution >= 0.6 is 7.60 Å². The van der Waals surface area contributed by atoms with Crippen LogP contribution in [-0.4, -0.2) is 35.5 Å². The van der Waals surface area contributed by atoms with Crippen molar-refractivity contribution < 1.29 is 23.8 Å². The fourth-order valence-electron chi connectivity index (χ4n) is 5.23. The minimum absolute atomic E-state index is 0.0920. The Hall–Kier alpha value is -0.450. The van der Waals surface area contributed by atoms with Gasteiger partial charge in [0.1, 0.15) is 6.35 Å². The molecule has 36 heavy (non-hydrogen) atoms. The summed E-state index contributed by atoms with van der Waals surface area (Å²) in [5.41, 5.74) is -0.141. The minimum atomic E-state index is -4.11. The molecule has 0 saturated heterocycles. The minimum Gasteiger partial charge on any atom is -0.378 e. The molecule has 3 atom stereocenters. The zero-order chi connectivity index (χ0) is 26.5. The summed E-state index contributed by atoms with van der Waals surface area (Å²) in [5, 5.41) is 0. The molecule has 0 aromatic rings. The van der Waals surface area contributed by atoms with Crippen LogP contribution in [0.3, 0.4) is 0 Å². The summed E-state index contributed by atoms with van der Waals surface area (Å²) in [6.07, 6.45) is 30.7. The van der Waals surface area contributed by atoms with E-state index in [1.807, 2.05) is 6.08 Å². The molecule has 0 fully saturated rings. The molecule has 1 rings (SSSR count). The van der Waals surface area contributed by atoms with E-state index in [1.54, 1.807) is 0 Å². The lowest BCUT2D eigenvalue weighted by Gasteiger charge is -2.38. The lowest BCUT2D eigenvalue weighted by atomic mass is 9.70. The van der Waals surface area contributed by atoms with E-state index in [0.29, 0.717) is 13.0 Å². The van der Waals surface area contributed by atoms with Crippen LogP contribution in [0.5, 0.6) is 0 Å². The van der Waals surface area contributed by atoms with E-state index in [9.17, 15) is 4.57 Å². The molecule has 0 aliphatic heterocycles. The van der Waals surface area contributed by atoms with Crippen molar-refractivity contribution in [2.24, 2.45) is 11.3 Å². The van der Waals surface area contributed by atoms with Gasteiger partial charge < -0.3 is 19.3 Å². The Morgan fingerprint density at radius 2 is 1.31 bits per heavy atom. The van der Waals surface area contributed by atoms with E-state index >= 15 is 0 Å². The number of allylic oxidation sites excluding steroid dienone is 3. The molecule has 0 aromatic heterocycles. The summed E-state index contributed by atoms with van der Waals surface area (Å²) >= 11 is 0. The zero-order valence-corrected chi connectivity index (χ0v) is 24.6. The SMILES string of the molecule is CCCCCCCCCCCCCCCCCCOC(C)C1C=CC=CC1(C)CCOCP(=O)(O)O. The van der Waals surface area contributed by atoms with Gasteiger partial charge in [-0.15, -0.1) is 0 Å². The maximum atomic E-state index is 11.0. The van der Waals surface area contributed by atoms with Crippen LogP contribution in [0.25, 0.3) is 0 Å². The second-order valence-corrected chi connectivity index (χ2v) is 12.7. The molecular weight excluding hydrogens is 471 g/mol. The van der Waals surface area contributed by atoms with Gasteiger partial charge in [0.15, 0.2) is 0 Å². The van der Waals surface area contributed by atoms with Crippen LogP contribution in [0.2, 0.25) is 0 Å². The van der Waals surface area contributed by atoms with Gasteiger partial charge in [-0.2, -0.15) is 0 Å². The number of hydrogen-bond acceptors (Lipinski definition) is 3. The van der Waals surface area contributed by atoms with Gasteiger partial charge in [-0.05, 0) is 25.2 Å². The highest BCUT2D eigenvalue weighted by molar-refractivity contribution is 7.51. The highest BCUT2D eigenvalue weighted by atomic mass is 31.2. The summed E-state index contributed by atoms with van der Waals surface area (Å²) in [6, 6.07) is 0. The first-order valence-electron chi connectivity index (χ1n) is 14.9. The Morgan fingerprint density at radius 1 is 0.806 bits per heavy atom. The summed E-state index contributed by atoms with van der Waals surface area (Å²) < 4.78 is 22.4. The fourth-order valence-corrected chi connectivity index (χ4v) is 5.60. The van der Waals surface area contributed by atoms with Crippen molar-refractivity contribution in [2.75, 3.05) is 19.6 Å². The average molecular weight is 529 g/mol. The van der Waals surface area contributed by atoms with Gasteiger partial charge in [0.2, 0.25) is 0 Å². The van der Waals surface area contributed by atoms with Crippen molar-refractivity contribution in [1.82, 2.24) is 0 Å². The van der Waals surface area contributed by atoms with Gasteiger partial charge >= 0.3 is 7.60 Å². The summed E-state index contributed by atoms with van der Waals surface area (Å²) in [6.45, 7) is 7.70. The Labute approximate surface area is 222 Å². The topological polar surface area (TPSA) is 76.0 Å². The number of hydrogen-bond donors (Lipinski definition) is 2. The van der Waals surface area contributed by atoms with E-state index < -0.39 is 13.9 Å². The van der Waals surface area contributed by atoms with Gasteiger partial charge in [0, 0.05) is 19.1 Å². The van der Waals surface area contributed by atoms with Gasteiger partial charge in [-0.1, -0.05) is 134 Å². The standard InChI is InChI=1S/C30H57O5P/c1-4-5-6-7-8-9-10-11-12-13-14-15-16-17-18-21-25-35-28(2)29-22-19-20-23-30(29,3)24-26-34-27-36(31,32)33/h19-20,22-23,28-29H,4-18,21,24-27H2,1-3H3,(H2,31,32,33). The molecule has 0 saturated carbocycles. The van der Waals surface area contributed by atoms with Crippen LogP contribution in [-0.2, 0) is 14.0 Å². The molecule has 6 heteroatoms. The van der Waals surface area contributed by atoms with E-state index in [1.165, 1.54) is 96.3 Å². The molecule has 3 unspecified atom stereocenters. The molecule has 212 valence electrons. The van der Waals surface area contributed by atoms with E-state index in [0.717, 1.165) is 13.0 Å². The highest BCUT2D eigenvalue weighted by Crippen LogP contribution is 2.40. The molecule has 1 aliphatic carbocycles. The Morgan fingerprint density at radius 3 is 1.81 bits per heavy atom. The molecule has 0 heterocycles. The van der Waals surface area contributed by atoms with Crippen LogP contribution in [0, 0.1) is 11.3 Å². The lowest BCUT2D eigenvalue weighted by Crippen LogP contribution is -2.36. The predicted octanol–water partition coefficient (Wildman–Crippen LogP) is 8.94. The van der Waals surface area contributed by atoms with Crippen molar-refractivity contribution >= 4 is 7.60 Å². The highest BCUT2D eigenvalue weighted by Gasteiger charge is 2.35. The van der Waals surface area contributed by atoms with E-state index in [4.69, 9.17) is 19.3 Å². The summed E-state index contributed by atoms with van der Waals surface area (Å²) in [4.78, 5) is 17.9. The monoisotopic (exact) mass is 528 g/mol. The largest absolute Gasteiger partial charge is 0.378 e. The van der Waals surface area contributed by atoms with Gasteiger partial charge in [-0.25, -0.2) is 0 Å². The second-order valence-electron chi connectivity index (χ2n) is 11.1. The normalized spacial score (nSPS) is 20.8. The maximum absolute atomic E-state index is 11.0. The Balaban J connectivity index is 2.02. The smallest absolute Gasteiger partial charge is 0.350 e. The van der Waals surface area contributed by atoms with Crippen LogP contribution in [0.15, 0.2) is 24.3 Å². The fraction of sp³-hybridized carbons (Fsp3) is 0.867. The van der Waals surface area contributed by atoms with E-state index in [-0.39, 0.29) is 17.4 Å². The molecule has 0 radical (unpaired) electrons. The number of unbranched alkanes of at least 4 members (excludes halogenated alkanes) is 15. The molecule has 0 bridgehead atoms. The van der Waals surface area contributed by atoms with Crippen molar-refractivity contribution in [3.63, 3.8) is 0 Å². The first-order valence-corrected chi connectivity index (χ1v) is 16.7. The van der Waals surface area contributed by atoms with Crippen molar-refractivity contribution in [1.29, 1.82) is 0 Å². The first-order chi connectivity index (χ1) is 17.3. The zero-order valence-electron chi connectivity index (χ0n) is 23.7. The van der Waals surface area contributed by atoms with Crippen molar-refractivity contribution in [3.8, 4) is 0 Å².